The van der Waals surface area contributed by atoms with Crippen LogP contribution in [0.1, 0.15) is 29.3 Å². The molecule has 0 aliphatic carbocycles. The highest BCUT2D eigenvalue weighted by atomic mass is 32.2. The monoisotopic (exact) mass is 383 g/mol. The summed E-state index contributed by atoms with van der Waals surface area (Å²) in [6, 6.07) is 16.2. The molecule has 4 rings (SSSR count). The van der Waals surface area contributed by atoms with Crippen molar-refractivity contribution in [2.45, 2.75) is 23.7 Å². The molecule has 1 aliphatic rings. The van der Waals surface area contributed by atoms with E-state index in [1.165, 1.54) is 21.1 Å². The Hall–Kier alpha value is -2.27. The van der Waals surface area contributed by atoms with Crippen LogP contribution in [0.3, 0.4) is 0 Å². The van der Waals surface area contributed by atoms with Gasteiger partial charge in [0, 0.05) is 19.0 Å². The first-order valence-electron chi connectivity index (χ1n) is 8.44. The Morgan fingerprint density at radius 3 is 2.42 bits per heavy atom. The summed E-state index contributed by atoms with van der Waals surface area (Å²) in [6.45, 7) is 0.978. The number of hydrogen-bond acceptors (Lipinski definition) is 5. The number of para-hydroxylation sites is 1. The highest BCUT2D eigenvalue weighted by molar-refractivity contribution is 7.89. The van der Waals surface area contributed by atoms with Crippen LogP contribution in [0.2, 0.25) is 0 Å². The van der Waals surface area contributed by atoms with Crippen LogP contribution in [0.5, 0.6) is 0 Å². The first-order chi connectivity index (χ1) is 12.6. The van der Waals surface area contributed by atoms with Crippen LogP contribution in [0.4, 0.5) is 0 Å². The molecular weight excluding hydrogens is 366 g/mol. The molecule has 0 N–H and O–H groups in total. The average Bonchev–Trinajstić information content (AvgIpc) is 3.12. The molecule has 1 aromatic heterocycles. The zero-order valence-electron chi connectivity index (χ0n) is 14.0. The van der Waals surface area contributed by atoms with Crippen molar-refractivity contribution in [1.82, 2.24) is 9.29 Å². The summed E-state index contributed by atoms with van der Waals surface area (Å²) in [5.41, 5.74) is 1.47. The molecule has 2 heterocycles. The summed E-state index contributed by atoms with van der Waals surface area (Å²) in [7, 11) is -3.51. The number of sulfonamides is 1. The van der Waals surface area contributed by atoms with Gasteiger partial charge in [-0.1, -0.05) is 12.1 Å². The molecule has 1 fully saturated rings. The van der Waals surface area contributed by atoms with Crippen LogP contribution in [0, 0.1) is 11.3 Å². The smallest absolute Gasteiger partial charge is 0.241 e. The second-order valence-corrected chi connectivity index (χ2v) is 9.33. The Morgan fingerprint density at radius 1 is 1.08 bits per heavy atom. The minimum Gasteiger partial charge on any atom is -0.241 e. The van der Waals surface area contributed by atoms with Gasteiger partial charge in [-0.25, -0.2) is 13.4 Å². The average molecular weight is 383 g/mol. The number of thiazole rings is 1. The van der Waals surface area contributed by atoms with Crippen LogP contribution in [-0.2, 0) is 10.0 Å². The Labute approximate surface area is 156 Å². The van der Waals surface area contributed by atoms with Crippen molar-refractivity contribution >= 4 is 31.6 Å². The highest BCUT2D eigenvalue weighted by Crippen LogP contribution is 2.35. The second kappa shape index (κ2) is 6.80. The molecule has 7 heteroatoms. The van der Waals surface area contributed by atoms with E-state index in [1.807, 2.05) is 24.3 Å². The third-order valence-electron chi connectivity index (χ3n) is 4.73. The molecule has 1 aliphatic heterocycles. The summed E-state index contributed by atoms with van der Waals surface area (Å²) in [5.74, 6) is 0.305. The van der Waals surface area contributed by atoms with E-state index in [1.54, 1.807) is 23.5 Å². The molecule has 26 heavy (non-hydrogen) atoms. The van der Waals surface area contributed by atoms with Crippen molar-refractivity contribution in [1.29, 1.82) is 5.26 Å². The Morgan fingerprint density at radius 2 is 1.77 bits per heavy atom. The molecule has 0 radical (unpaired) electrons. The fourth-order valence-corrected chi connectivity index (χ4v) is 5.86. The largest absolute Gasteiger partial charge is 0.243 e. The first-order valence-corrected chi connectivity index (χ1v) is 10.7. The van der Waals surface area contributed by atoms with Crippen LogP contribution >= 0.6 is 11.3 Å². The fraction of sp³-hybridized carbons (Fsp3) is 0.263. The summed E-state index contributed by atoms with van der Waals surface area (Å²) in [4.78, 5) is 4.97. The molecule has 2 aromatic carbocycles. The third-order valence-corrected chi connectivity index (χ3v) is 7.85. The van der Waals surface area contributed by atoms with Gasteiger partial charge >= 0.3 is 0 Å². The zero-order chi connectivity index (χ0) is 18.1. The molecule has 1 saturated heterocycles. The molecular formula is C19H17N3O2S2. The van der Waals surface area contributed by atoms with Crippen molar-refractivity contribution in [3.63, 3.8) is 0 Å². The van der Waals surface area contributed by atoms with E-state index >= 15 is 0 Å². The summed E-state index contributed by atoms with van der Waals surface area (Å²) in [6.07, 6.45) is 1.55. The lowest BCUT2D eigenvalue weighted by atomic mass is 9.99. The van der Waals surface area contributed by atoms with E-state index in [0.29, 0.717) is 24.6 Å². The van der Waals surface area contributed by atoms with Crippen LogP contribution < -0.4 is 0 Å². The second-order valence-electron chi connectivity index (χ2n) is 6.33. The Kier molecular flexibility index (Phi) is 4.49. The van der Waals surface area contributed by atoms with Crippen molar-refractivity contribution in [3.05, 3.63) is 59.1 Å². The van der Waals surface area contributed by atoms with E-state index in [-0.39, 0.29) is 4.90 Å². The number of rotatable bonds is 3. The van der Waals surface area contributed by atoms with Crippen LogP contribution in [0.25, 0.3) is 10.2 Å². The van der Waals surface area contributed by atoms with Crippen LogP contribution in [0.15, 0.2) is 53.4 Å². The number of fused-ring (bicyclic) bond motifs is 1. The quantitative estimate of drug-likeness (QED) is 0.691. The van der Waals surface area contributed by atoms with Gasteiger partial charge in [0.25, 0.3) is 0 Å². The van der Waals surface area contributed by atoms with E-state index in [2.05, 4.69) is 6.07 Å². The normalized spacial score (nSPS) is 16.6. The minimum absolute atomic E-state index is 0.245. The topological polar surface area (TPSA) is 74.1 Å². The van der Waals surface area contributed by atoms with Crippen LogP contribution in [-0.4, -0.2) is 30.8 Å². The van der Waals surface area contributed by atoms with E-state index in [4.69, 9.17) is 10.2 Å². The number of hydrogen-bond donors (Lipinski definition) is 0. The molecule has 132 valence electrons. The number of aromatic nitrogens is 1. The summed E-state index contributed by atoms with van der Waals surface area (Å²) < 4.78 is 28.3. The predicted molar refractivity (Wildman–Crippen MR) is 102 cm³/mol. The summed E-state index contributed by atoms with van der Waals surface area (Å²) in [5, 5.41) is 9.95. The lowest BCUT2D eigenvalue weighted by Gasteiger charge is -2.30. The molecule has 0 spiro atoms. The lowest BCUT2D eigenvalue weighted by Crippen LogP contribution is -2.37. The first kappa shape index (κ1) is 17.2. The van der Waals surface area contributed by atoms with E-state index in [9.17, 15) is 8.42 Å². The van der Waals surface area contributed by atoms with E-state index < -0.39 is 10.0 Å². The van der Waals surface area contributed by atoms with Gasteiger partial charge in [-0.3, -0.25) is 0 Å². The summed E-state index contributed by atoms with van der Waals surface area (Å²) >= 11 is 1.70. The number of nitrogens with zero attached hydrogens (tertiary/aromatic N) is 3. The number of benzene rings is 2. The van der Waals surface area contributed by atoms with E-state index in [0.717, 1.165) is 23.4 Å². The zero-order valence-corrected chi connectivity index (χ0v) is 15.6. The molecule has 0 atom stereocenters. The molecule has 0 bridgehead atoms. The molecule has 3 aromatic rings. The lowest BCUT2D eigenvalue weighted by molar-refractivity contribution is 0.319. The Bertz CT molecular complexity index is 1040. The fourth-order valence-electron chi connectivity index (χ4n) is 3.26. The standard InChI is InChI=1S/C19H17N3O2S2/c20-13-14-5-7-16(8-6-14)26(23,24)22-11-9-15(10-12-22)19-21-17-3-1-2-4-18(17)25-19/h1-8,15H,9-12H2. The molecule has 0 unspecified atom stereocenters. The maximum Gasteiger partial charge on any atom is 0.243 e. The van der Waals surface area contributed by atoms with Crippen molar-refractivity contribution in [2.75, 3.05) is 13.1 Å². The number of nitriles is 1. The minimum atomic E-state index is -3.51. The maximum absolute atomic E-state index is 12.8. The van der Waals surface area contributed by atoms with Gasteiger partial charge in [-0.15, -0.1) is 11.3 Å². The molecule has 0 saturated carbocycles. The Balaban J connectivity index is 1.49. The molecule has 5 nitrogen and oxygen atoms in total. The number of piperidine rings is 1. The van der Waals surface area contributed by atoms with Gasteiger partial charge in [-0.2, -0.15) is 9.57 Å². The van der Waals surface area contributed by atoms with Gasteiger partial charge in [0.05, 0.1) is 31.8 Å². The SMILES string of the molecule is N#Cc1ccc(S(=O)(=O)N2CCC(c3nc4ccccc4s3)CC2)cc1. The van der Waals surface area contributed by atoms with Crippen molar-refractivity contribution < 1.29 is 8.42 Å². The maximum atomic E-state index is 12.8. The van der Waals surface area contributed by atoms with Gasteiger partial charge in [0.15, 0.2) is 0 Å². The molecule has 0 amide bonds. The van der Waals surface area contributed by atoms with Crippen molar-refractivity contribution in [2.24, 2.45) is 0 Å². The van der Waals surface area contributed by atoms with Gasteiger partial charge in [0.2, 0.25) is 10.0 Å². The third kappa shape index (κ3) is 3.12. The highest BCUT2D eigenvalue weighted by Gasteiger charge is 2.31. The predicted octanol–water partition coefficient (Wildman–Crippen LogP) is 3.74. The van der Waals surface area contributed by atoms with Gasteiger partial charge < -0.3 is 0 Å². The van der Waals surface area contributed by atoms with Crippen molar-refractivity contribution in [3.8, 4) is 6.07 Å². The van der Waals surface area contributed by atoms with Gasteiger partial charge in [0.1, 0.15) is 0 Å². The van der Waals surface area contributed by atoms with Gasteiger partial charge in [-0.05, 0) is 49.2 Å².